The first kappa shape index (κ1) is 15.8. The molecule has 0 aliphatic heterocycles. The highest BCUT2D eigenvalue weighted by Crippen LogP contribution is 2.24. The van der Waals surface area contributed by atoms with Crippen LogP contribution in [0.4, 0.5) is 11.4 Å². The number of rotatable bonds is 5. The van der Waals surface area contributed by atoms with E-state index in [9.17, 15) is 8.42 Å². The Morgan fingerprint density at radius 2 is 1.90 bits per heavy atom. The summed E-state index contributed by atoms with van der Waals surface area (Å²) in [7, 11) is -2.11. The first-order valence-corrected chi connectivity index (χ1v) is 8.52. The third kappa shape index (κ3) is 3.75. The van der Waals surface area contributed by atoms with Crippen molar-refractivity contribution in [3.63, 3.8) is 0 Å². The van der Waals surface area contributed by atoms with Crippen molar-refractivity contribution in [1.82, 2.24) is 4.72 Å². The zero-order valence-corrected chi connectivity index (χ0v) is 13.8. The Kier molecular flexibility index (Phi) is 4.87. The average Bonchev–Trinajstić information content (AvgIpc) is 2.47. The van der Waals surface area contributed by atoms with Crippen LogP contribution in [-0.4, -0.2) is 15.5 Å². The van der Waals surface area contributed by atoms with Crippen LogP contribution in [0.1, 0.15) is 5.56 Å². The largest absolute Gasteiger partial charge is 0.397 e. The number of sulfonamides is 1. The Labute approximate surface area is 132 Å². The van der Waals surface area contributed by atoms with Gasteiger partial charge in [-0.15, -0.1) is 0 Å². The van der Waals surface area contributed by atoms with Gasteiger partial charge >= 0.3 is 0 Å². The van der Waals surface area contributed by atoms with Crippen LogP contribution in [0.2, 0.25) is 0 Å². The van der Waals surface area contributed by atoms with Crippen molar-refractivity contribution in [2.24, 2.45) is 0 Å². The molecule has 4 N–H and O–H groups in total. The highest BCUT2D eigenvalue weighted by Gasteiger charge is 2.12. The van der Waals surface area contributed by atoms with Crippen molar-refractivity contribution in [3.8, 4) is 0 Å². The smallest absolute Gasteiger partial charge is 0.240 e. The van der Waals surface area contributed by atoms with Crippen molar-refractivity contribution in [3.05, 3.63) is 52.5 Å². The number of halogens is 1. The SMILES string of the molecule is CNS(=O)(=O)c1ccc(NCc2ccccc2Br)c(N)c1. The van der Waals surface area contributed by atoms with Crippen molar-refractivity contribution < 1.29 is 8.42 Å². The third-order valence-corrected chi connectivity index (χ3v) is 5.21. The highest BCUT2D eigenvalue weighted by atomic mass is 79.9. The van der Waals surface area contributed by atoms with E-state index in [2.05, 4.69) is 26.0 Å². The Morgan fingerprint density at radius 3 is 2.52 bits per heavy atom. The predicted octanol–water partition coefficient (Wildman–Crippen LogP) is 2.55. The molecule has 0 heterocycles. The molecule has 5 nitrogen and oxygen atoms in total. The molecule has 0 fully saturated rings. The summed E-state index contributed by atoms with van der Waals surface area (Å²) in [6.45, 7) is 0.587. The van der Waals surface area contributed by atoms with E-state index in [4.69, 9.17) is 5.73 Å². The summed E-state index contributed by atoms with van der Waals surface area (Å²) in [5.41, 5.74) is 8.08. The van der Waals surface area contributed by atoms with E-state index in [1.165, 1.54) is 19.2 Å². The maximum atomic E-state index is 11.7. The van der Waals surface area contributed by atoms with Gasteiger partial charge in [-0.05, 0) is 36.9 Å². The average molecular weight is 370 g/mol. The van der Waals surface area contributed by atoms with Gasteiger partial charge in [-0.25, -0.2) is 13.1 Å². The molecule has 0 aliphatic carbocycles. The first-order chi connectivity index (χ1) is 9.94. The molecule has 0 aromatic heterocycles. The van der Waals surface area contributed by atoms with Crippen LogP contribution in [0.25, 0.3) is 0 Å². The van der Waals surface area contributed by atoms with Gasteiger partial charge in [0.2, 0.25) is 10.0 Å². The van der Waals surface area contributed by atoms with Crippen LogP contribution in [0, 0.1) is 0 Å². The highest BCUT2D eigenvalue weighted by molar-refractivity contribution is 9.10. The van der Waals surface area contributed by atoms with E-state index in [1.807, 2.05) is 24.3 Å². The molecule has 0 unspecified atom stereocenters. The van der Waals surface area contributed by atoms with Crippen LogP contribution >= 0.6 is 15.9 Å². The summed E-state index contributed by atoms with van der Waals surface area (Å²) in [5, 5.41) is 3.20. The molecule has 0 amide bonds. The molecular formula is C14H16BrN3O2S. The van der Waals surface area contributed by atoms with Crippen molar-refractivity contribution in [2.75, 3.05) is 18.1 Å². The van der Waals surface area contributed by atoms with Crippen LogP contribution in [-0.2, 0) is 16.6 Å². The minimum Gasteiger partial charge on any atom is -0.397 e. The summed E-state index contributed by atoms with van der Waals surface area (Å²) >= 11 is 3.48. The summed E-state index contributed by atoms with van der Waals surface area (Å²) in [5.74, 6) is 0. The topological polar surface area (TPSA) is 84.2 Å². The molecule has 7 heteroatoms. The van der Waals surface area contributed by atoms with Gasteiger partial charge in [0.1, 0.15) is 0 Å². The second-order valence-electron chi connectivity index (χ2n) is 4.40. The second kappa shape index (κ2) is 6.46. The molecule has 2 aromatic rings. The molecule has 0 saturated carbocycles. The summed E-state index contributed by atoms with van der Waals surface area (Å²) in [6, 6.07) is 12.5. The number of hydrogen-bond acceptors (Lipinski definition) is 4. The van der Waals surface area contributed by atoms with E-state index in [0.29, 0.717) is 17.9 Å². The van der Waals surface area contributed by atoms with Crippen molar-refractivity contribution >= 4 is 37.3 Å². The lowest BCUT2D eigenvalue weighted by atomic mass is 10.2. The van der Waals surface area contributed by atoms with Gasteiger partial charge in [0, 0.05) is 11.0 Å². The molecule has 2 rings (SSSR count). The minimum absolute atomic E-state index is 0.147. The quantitative estimate of drug-likeness (QED) is 0.707. The molecule has 2 aromatic carbocycles. The van der Waals surface area contributed by atoms with E-state index in [1.54, 1.807) is 6.07 Å². The van der Waals surface area contributed by atoms with Gasteiger partial charge < -0.3 is 11.1 Å². The van der Waals surface area contributed by atoms with Gasteiger partial charge in [0.15, 0.2) is 0 Å². The molecule has 21 heavy (non-hydrogen) atoms. The van der Waals surface area contributed by atoms with Crippen LogP contribution in [0.3, 0.4) is 0 Å². The summed E-state index contributed by atoms with van der Waals surface area (Å²) < 4.78 is 26.7. The molecule has 0 saturated heterocycles. The molecule has 0 bridgehead atoms. The maximum Gasteiger partial charge on any atom is 0.240 e. The summed E-state index contributed by atoms with van der Waals surface area (Å²) in [6.07, 6.45) is 0. The van der Waals surface area contributed by atoms with Crippen molar-refractivity contribution in [1.29, 1.82) is 0 Å². The van der Waals surface area contributed by atoms with E-state index >= 15 is 0 Å². The fourth-order valence-electron chi connectivity index (χ4n) is 1.82. The van der Waals surface area contributed by atoms with Gasteiger partial charge in [0.25, 0.3) is 0 Å². The Balaban J connectivity index is 2.17. The van der Waals surface area contributed by atoms with Crippen LogP contribution in [0.5, 0.6) is 0 Å². The minimum atomic E-state index is -3.48. The maximum absolute atomic E-state index is 11.7. The van der Waals surface area contributed by atoms with E-state index < -0.39 is 10.0 Å². The Bertz CT molecular complexity index is 748. The third-order valence-electron chi connectivity index (χ3n) is 3.03. The molecule has 112 valence electrons. The molecule has 0 radical (unpaired) electrons. The Morgan fingerprint density at radius 1 is 1.19 bits per heavy atom. The molecule has 0 spiro atoms. The molecule has 0 atom stereocenters. The van der Waals surface area contributed by atoms with Gasteiger partial charge in [-0.1, -0.05) is 34.1 Å². The zero-order valence-electron chi connectivity index (χ0n) is 11.4. The predicted molar refractivity (Wildman–Crippen MR) is 88.6 cm³/mol. The lowest BCUT2D eigenvalue weighted by molar-refractivity contribution is 0.588. The fraction of sp³-hybridized carbons (Fsp3) is 0.143. The van der Waals surface area contributed by atoms with Crippen molar-refractivity contribution in [2.45, 2.75) is 11.4 Å². The van der Waals surface area contributed by atoms with Crippen LogP contribution < -0.4 is 15.8 Å². The Hall–Kier alpha value is -1.57. The standard InChI is InChI=1S/C14H16BrN3O2S/c1-17-21(19,20)11-6-7-14(13(16)8-11)18-9-10-4-2-3-5-12(10)15/h2-8,17-18H,9,16H2,1H3. The number of hydrogen-bond donors (Lipinski definition) is 3. The first-order valence-electron chi connectivity index (χ1n) is 6.24. The van der Waals surface area contributed by atoms with Gasteiger partial charge in [-0.2, -0.15) is 0 Å². The fourth-order valence-corrected chi connectivity index (χ4v) is 3.01. The van der Waals surface area contributed by atoms with E-state index in [0.717, 1.165) is 10.0 Å². The normalized spacial score (nSPS) is 11.3. The number of nitrogens with two attached hydrogens (primary N) is 1. The van der Waals surface area contributed by atoms with Gasteiger partial charge in [0.05, 0.1) is 16.3 Å². The number of nitrogen functional groups attached to an aromatic ring is 1. The number of nitrogens with one attached hydrogen (secondary N) is 2. The lowest BCUT2D eigenvalue weighted by Crippen LogP contribution is -2.18. The molecule has 0 aliphatic rings. The van der Waals surface area contributed by atoms with Crippen LogP contribution in [0.15, 0.2) is 51.8 Å². The molecular weight excluding hydrogens is 354 g/mol. The van der Waals surface area contributed by atoms with E-state index in [-0.39, 0.29) is 4.90 Å². The lowest BCUT2D eigenvalue weighted by Gasteiger charge is -2.12. The summed E-state index contributed by atoms with van der Waals surface area (Å²) in [4.78, 5) is 0.147. The number of benzene rings is 2. The van der Waals surface area contributed by atoms with Gasteiger partial charge in [-0.3, -0.25) is 0 Å². The number of anilines is 2. The zero-order chi connectivity index (χ0) is 15.5. The second-order valence-corrected chi connectivity index (χ2v) is 7.14. The monoisotopic (exact) mass is 369 g/mol.